The van der Waals surface area contributed by atoms with Crippen LogP contribution in [0.15, 0.2) is 0 Å². The molecule has 0 spiro atoms. The van der Waals surface area contributed by atoms with Crippen LogP contribution in [0.3, 0.4) is 0 Å². The van der Waals surface area contributed by atoms with Gasteiger partial charge in [-0.3, -0.25) is 8.42 Å². The number of hydrogen-bond donors (Lipinski definition) is 0. The maximum atomic E-state index is 8.52. The van der Waals surface area contributed by atoms with Crippen LogP contribution in [-0.4, -0.2) is 35.1 Å². The summed E-state index contributed by atoms with van der Waals surface area (Å²) in [5, 5.41) is 0. The van der Waals surface area contributed by atoms with Crippen molar-refractivity contribution in [3.05, 3.63) is 0 Å². The van der Waals surface area contributed by atoms with Gasteiger partial charge in [-0.05, 0) is 0 Å². The zero-order valence-corrected chi connectivity index (χ0v) is 6.53. The molecule has 0 fully saturated rings. The second-order valence-electron chi connectivity index (χ2n) is 0.408. The molecule has 36 valence electrons. The average Bonchev–Trinajstić information content (AvgIpc) is 0.722. The van der Waals surface area contributed by atoms with Gasteiger partial charge in [0.05, 0.1) is 0 Å². The first-order valence-electron chi connectivity index (χ1n) is 0.667. The molecule has 0 aromatic heterocycles. The first kappa shape index (κ1) is 9.65. The van der Waals surface area contributed by atoms with E-state index in [0.29, 0.717) is 0 Å². The summed E-state index contributed by atoms with van der Waals surface area (Å²) >= 11 is 0. The molecule has 0 saturated heterocycles. The molecule has 0 atom stereocenters. The summed E-state index contributed by atoms with van der Waals surface area (Å²) in [7, 11) is -5.17. The molecular formula is H2GeO4S. The van der Waals surface area contributed by atoms with E-state index in [1.165, 1.54) is 0 Å². The monoisotopic (exact) mass is 172 g/mol. The van der Waals surface area contributed by atoms with Gasteiger partial charge >= 0.3 is 17.6 Å². The van der Waals surface area contributed by atoms with Crippen molar-refractivity contribution < 1.29 is 17.5 Å². The van der Waals surface area contributed by atoms with Crippen molar-refractivity contribution in [2.45, 2.75) is 0 Å². The Kier molecular flexibility index (Phi) is 4.12. The molecule has 0 amide bonds. The molecule has 0 rings (SSSR count). The summed E-state index contributed by atoms with van der Waals surface area (Å²) in [4.78, 5) is 0. The molecule has 0 aliphatic carbocycles. The zero-order chi connectivity index (χ0) is 4.50. The summed E-state index contributed by atoms with van der Waals surface area (Å²) in [6.45, 7) is 0. The minimum absolute atomic E-state index is 0. The van der Waals surface area contributed by atoms with Crippen LogP contribution in [0.5, 0.6) is 0 Å². The van der Waals surface area contributed by atoms with E-state index in [0.717, 1.165) is 0 Å². The quantitative estimate of drug-likeness (QED) is 0.234. The van der Waals surface area contributed by atoms with Crippen LogP contribution in [-0.2, 0) is 10.4 Å². The molecule has 0 saturated carbocycles. The second kappa shape index (κ2) is 2.56. The molecule has 0 aromatic rings. The van der Waals surface area contributed by atoms with Crippen LogP contribution in [0.2, 0.25) is 0 Å². The Hall–Kier alpha value is 0.413. The first-order valence-corrected chi connectivity index (χ1v) is 2.00. The van der Waals surface area contributed by atoms with E-state index in [9.17, 15) is 0 Å². The molecule has 4 nitrogen and oxygen atoms in total. The van der Waals surface area contributed by atoms with Gasteiger partial charge in [0.25, 0.3) is 0 Å². The summed E-state index contributed by atoms with van der Waals surface area (Å²) in [6.07, 6.45) is 0. The van der Waals surface area contributed by atoms with Crippen LogP contribution >= 0.6 is 0 Å². The predicted octanol–water partition coefficient (Wildman–Crippen LogP) is -2.25. The Bertz CT molecular complexity index is 90.7. The third-order valence-electron chi connectivity index (χ3n) is 0. The summed E-state index contributed by atoms with van der Waals surface area (Å²) in [6, 6.07) is 0. The molecule has 6 heavy (non-hydrogen) atoms. The van der Waals surface area contributed by atoms with Crippen LogP contribution < -0.4 is 0 Å². The Morgan fingerprint density at radius 2 is 1.17 bits per heavy atom. The van der Waals surface area contributed by atoms with E-state index in [1.807, 2.05) is 0 Å². The Labute approximate surface area is 46.1 Å². The average molecular weight is 171 g/mol. The predicted molar refractivity (Wildman–Crippen MR) is 19.0 cm³/mol. The van der Waals surface area contributed by atoms with Crippen molar-refractivity contribution in [1.29, 1.82) is 0 Å². The molecule has 0 radical (unpaired) electrons. The van der Waals surface area contributed by atoms with Gasteiger partial charge in [-0.1, -0.05) is 0 Å². The molecular weight excluding hydrogens is 169 g/mol. The maximum absolute atomic E-state index is 8.52. The van der Waals surface area contributed by atoms with Gasteiger partial charge in [-0.15, -0.1) is 0 Å². The molecule has 6 heteroatoms. The minimum atomic E-state index is -5.17. The molecule has 0 N–H and O–H groups in total. The van der Waals surface area contributed by atoms with Crippen molar-refractivity contribution in [3.63, 3.8) is 0 Å². The van der Waals surface area contributed by atoms with Gasteiger partial charge < -0.3 is 9.11 Å². The molecule has 0 bridgehead atoms. The van der Waals surface area contributed by atoms with Gasteiger partial charge in [0.15, 0.2) is 0 Å². The third kappa shape index (κ3) is 302. The topological polar surface area (TPSA) is 80.3 Å². The van der Waals surface area contributed by atoms with Gasteiger partial charge in [0.2, 0.25) is 0 Å². The van der Waals surface area contributed by atoms with Crippen LogP contribution in [0.4, 0.5) is 0 Å². The fourth-order valence-electron chi connectivity index (χ4n) is 0. The molecule has 0 heterocycles. The van der Waals surface area contributed by atoms with E-state index in [-0.39, 0.29) is 17.6 Å². The Morgan fingerprint density at radius 1 is 1.17 bits per heavy atom. The van der Waals surface area contributed by atoms with Gasteiger partial charge in [-0.2, -0.15) is 0 Å². The SMILES string of the molecule is O=S(=O)([O-])[O-].[GeH2+2]. The first-order chi connectivity index (χ1) is 2.00. The standard InChI is InChI=1S/GeH2.H2O4S/c;1-5(2,3)4/h1H2;(H2,1,2,3,4)/q+2;/p-2. The third-order valence-corrected chi connectivity index (χ3v) is 0. The summed E-state index contributed by atoms with van der Waals surface area (Å²) < 4.78 is 34.1. The van der Waals surface area contributed by atoms with Crippen molar-refractivity contribution in [2.75, 3.05) is 0 Å². The van der Waals surface area contributed by atoms with Crippen molar-refractivity contribution in [3.8, 4) is 0 Å². The summed E-state index contributed by atoms with van der Waals surface area (Å²) in [5.41, 5.74) is 0. The van der Waals surface area contributed by atoms with Gasteiger partial charge in [0, 0.05) is 10.4 Å². The van der Waals surface area contributed by atoms with Crippen molar-refractivity contribution in [2.24, 2.45) is 0 Å². The van der Waals surface area contributed by atoms with E-state index in [2.05, 4.69) is 0 Å². The van der Waals surface area contributed by atoms with Crippen molar-refractivity contribution in [1.82, 2.24) is 0 Å². The van der Waals surface area contributed by atoms with Gasteiger partial charge in [0.1, 0.15) is 0 Å². The van der Waals surface area contributed by atoms with Crippen LogP contribution in [0.25, 0.3) is 0 Å². The molecule has 0 unspecified atom stereocenters. The van der Waals surface area contributed by atoms with E-state index in [1.54, 1.807) is 0 Å². The molecule has 0 aliphatic rings. The fourth-order valence-corrected chi connectivity index (χ4v) is 0. The fraction of sp³-hybridized carbons (Fsp3) is 0. The molecule has 0 aliphatic heterocycles. The Balaban J connectivity index is 0. The van der Waals surface area contributed by atoms with E-state index < -0.39 is 10.4 Å². The van der Waals surface area contributed by atoms with E-state index >= 15 is 0 Å². The van der Waals surface area contributed by atoms with Crippen molar-refractivity contribution >= 4 is 28.0 Å². The normalized spacial score (nSPS) is 9.67. The van der Waals surface area contributed by atoms with Crippen LogP contribution in [0.1, 0.15) is 0 Å². The number of hydrogen-bond acceptors (Lipinski definition) is 4. The second-order valence-corrected chi connectivity index (χ2v) is 1.22. The summed E-state index contributed by atoms with van der Waals surface area (Å²) in [5.74, 6) is 0. The van der Waals surface area contributed by atoms with E-state index in [4.69, 9.17) is 17.5 Å². The Morgan fingerprint density at radius 3 is 1.17 bits per heavy atom. The molecule has 0 aromatic carbocycles. The van der Waals surface area contributed by atoms with Crippen LogP contribution in [0, 0.1) is 0 Å². The number of rotatable bonds is 0. The van der Waals surface area contributed by atoms with Gasteiger partial charge in [-0.25, -0.2) is 0 Å². The zero-order valence-electron chi connectivity index (χ0n) is 2.75.